The highest BCUT2D eigenvalue weighted by Gasteiger charge is 2.32. The maximum absolute atomic E-state index is 12.3. The quantitative estimate of drug-likeness (QED) is 0.622. The van der Waals surface area contributed by atoms with Gasteiger partial charge in [0, 0.05) is 13.0 Å². The molecule has 0 fully saturated rings. The third kappa shape index (κ3) is 7.85. The Labute approximate surface area is 138 Å². The third-order valence-electron chi connectivity index (χ3n) is 2.66. The van der Waals surface area contributed by atoms with Crippen LogP contribution in [0.1, 0.15) is 44.0 Å². The molecule has 0 aliphatic carbocycles. The van der Waals surface area contributed by atoms with Crippen molar-refractivity contribution < 1.29 is 32.2 Å². The molecule has 0 aliphatic rings. The molecule has 1 amide bonds. The van der Waals surface area contributed by atoms with Gasteiger partial charge in [-0.25, -0.2) is 4.79 Å². The van der Waals surface area contributed by atoms with Gasteiger partial charge in [0.05, 0.1) is 5.56 Å². The average molecular weight is 347 g/mol. The molecule has 0 aromatic heterocycles. The summed E-state index contributed by atoms with van der Waals surface area (Å²) < 4.78 is 45.8. The molecule has 8 heteroatoms. The fourth-order valence-electron chi connectivity index (χ4n) is 1.80. The second kappa shape index (κ2) is 8.03. The van der Waals surface area contributed by atoms with Crippen molar-refractivity contribution >= 4 is 11.9 Å². The first kappa shape index (κ1) is 19.8. The zero-order valence-electron chi connectivity index (χ0n) is 13.7. The van der Waals surface area contributed by atoms with Gasteiger partial charge in [-0.3, -0.25) is 4.79 Å². The Morgan fingerprint density at radius 1 is 1.12 bits per heavy atom. The van der Waals surface area contributed by atoms with Crippen LogP contribution in [0.3, 0.4) is 0 Å². The molecule has 0 atom stereocenters. The van der Waals surface area contributed by atoms with E-state index in [2.05, 4.69) is 10.1 Å². The van der Waals surface area contributed by atoms with Crippen LogP contribution in [0.4, 0.5) is 18.0 Å². The zero-order chi connectivity index (χ0) is 18.4. The predicted octanol–water partition coefficient (Wildman–Crippen LogP) is 4.07. The lowest BCUT2D eigenvalue weighted by Gasteiger charge is -2.19. The van der Waals surface area contributed by atoms with Gasteiger partial charge in [0.2, 0.25) is 0 Å². The van der Waals surface area contributed by atoms with Crippen LogP contribution in [0.25, 0.3) is 0 Å². The Morgan fingerprint density at radius 3 is 2.33 bits per heavy atom. The lowest BCUT2D eigenvalue weighted by molar-refractivity contribution is -0.274. The van der Waals surface area contributed by atoms with E-state index < -0.39 is 29.6 Å². The molecule has 0 unspecified atom stereocenters. The summed E-state index contributed by atoms with van der Waals surface area (Å²) in [7, 11) is 0. The number of hydrogen-bond acceptors (Lipinski definition) is 4. The first-order valence-electron chi connectivity index (χ1n) is 7.33. The molecular weight excluding hydrogens is 327 g/mol. The zero-order valence-corrected chi connectivity index (χ0v) is 13.7. The van der Waals surface area contributed by atoms with Gasteiger partial charge in [0.25, 0.3) is 0 Å². The molecule has 0 heterocycles. The number of amides is 1. The van der Waals surface area contributed by atoms with Crippen LogP contribution in [0.2, 0.25) is 0 Å². The minimum absolute atomic E-state index is 0.0337. The van der Waals surface area contributed by atoms with Crippen LogP contribution < -0.4 is 10.1 Å². The number of nitrogens with one attached hydrogen (secondary N) is 1. The van der Waals surface area contributed by atoms with Crippen LogP contribution in [0.15, 0.2) is 24.3 Å². The highest BCUT2D eigenvalue weighted by atomic mass is 19.4. The van der Waals surface area contributed by atoms with E-state index >= 15 is 0 Å². The SMILES string of the molecule is CC(C)(C)OC(=O)NCCCC(=O)c1ccccc1OC(F)(F)F. The van der Waals surface area contributed by atoms with Crippen molar-refractivity contribution in [2.24, 2.45) is 0 Å². The maximum atomic E-state index is 12.3. The Balaban J connectivity index is 2.51. The number of benzene rings is 1. The third-order valence-corrected chi connectivity index (χ3v) is 2.66. The topological polar surface area (TPSA) is 64.6 Å². The van der Waals surface area contributed by atoms with Crippen molar-refractivity contribution in [1.29, 1.82) is 0 Å². The maximum Gasteiger partial charge on any atom is 0.573 e. The summed E-state index contributed by atoms with van der Waals surface area (Å²) in [5, 5.41) is 2.47. The summed E-state index contributed by atoms with van der Waals surface area (Å²) in [6.07, 6.45) is -5.25. The van der Waals surface area contributed by atoms with E-state index in [1.807, 2.05) is 0 Å². The second-order valence-corrected chi connectivity index (χ2v) is 6.00. The summed E-state index contributed by atoms with van der Waals surface area (Å²) in [5.41, 5.74) is -0.777. The van der Waals surface area contributed by atoms with E-state index in [-0.39, 0.29) is 24.9 Å². The first-order valence-corrected chi connectivity index (χ1v) is 7.33. The standard InChI is InChI=1S/C16H20F3NO4/c1-15(2,3)24-14(22)20-10-6-8-12(21)11-7-4-5-9-13(11)23-16(17,18)19/h4-5,7,9H,6,8,10H2,1-3H3,(H,20,22). The number of Topliss-reactive ketones (excluding diaryl/α,β-unsaturated/α-hetero) is 1. The van der Waals surface area contributed by atoms with Crippen LogP contribution in [0.5, 0.6) is 5.75 Å². The highest BCUT2D eigenvalue weighted by molar-refractivity contribution is 5.98. The van der Waals surface area contributed by atoms with E-state index in [0.29, 0.717) is 0 Å². The van der Waals surface area contributed by atoms with Gasteiger partial charge < -0.3 is 14.8 Å². The molecular formula is C16H20F3NO4. The molecule has 1 rings (SSSR count). The van der Waals surface area contributed by atoms with Crippen LogP contribution in [0, 0.1) is 0 Å². The number of ketones is 1. The molecule has 1 aromatic rings. The smallest absolute Gasteiger partial charge is 0.444 e. The van der Waals surface area contributed by atoms with Crippen molar-refractivity contribution in [3.63, 3.8) is 0 Å². The molecule has 0 bridgehead atoms. The monoisotopic (exact) mass is 347 g/mol. The van der Waals surface area contributed by atoms with E-state index in [0.717, 1.165) is 6.07 Å². The first-order chi connectivity index (χ1) is 11.0. The summed E-state index contributed by atoms with van der Waals surface area (Å²) >= 11 is 0. The van der Waals surface area contributed by atoms with Gasteiger partial charge in [-0.15, -0.1) is 13.2 Å². The van der Waals surface area contributed by atoms with E-state index in [1.54, 1.807) is 20.8 Å². The van der Waals surface area contributed by atoms with E-state index in [4.69, 9.17) is 4.74 Å². The molecule has 5 nitrogen and oxygen atoms in total. The molecule has 24 heavy (non-hydrogen) atoms. The number of rotatable bonds is 6. The van der Waals surface area contributed by atoms with Crippen molar-refractivity contribution in [2.75, 3.05) is 6.54 Å². The van der Waals surface area contributed by atoms with Gasteiger partial charge in [-0.1, -0.05) is 12.1 Å². The van der Waals surface area contributed by atoms with Gasteiger partial charge in [-0.2, -0.15) is 0 Å². The molecule has 1 N–H and O–H groups in total. The lowest BCUT2D eigenvalue weighted by Crippen LogP contribution is -2.33. The van der Waals surface area contributed by atoms with Gasteiger partial charge in [0.15, 0.2) is 5.78 Å². The van der Waals surface area contributed by atoms with Crippen molar-refractivity contribution in [3.05, 3.63) is 29.8 Å². The minimum Gasteiger partial charge on any atom is -0.444 e. The van der Waals surface area contributed by atoms with Gasteiger partial charge >= 0.3 is 12.5 Å². The lowest BCUT2D eigenvalue weighted by atomic mass is 10.1. The summed E-state index contributed by atoms with van der Waals surface area (Å²) in [6.45, 7) is 5.32. The number of carbonyl (C=O) groups is 2. The molecule has 1 aromatic carbocycles. The summed E-state index contributed by atoms with van der Waals surface area (Å²) in [4.78, 5) is 23.5. The number of carbonyl (C=O) groups excluding carboxylic acids is 2. The van der Waals surface area contributed by atoms with Crippen LogP contribution >= 0.6 is 0 Å². The fourth-order valence-corrected chi connectivity index (χ4v) is 1.80. The van der Waals surface area contributed by atoms with Crippen molar-refractivity contribution in [1.82, 2.24) is 5.32 Å². The molecule has 0 spiro atoms. The number of hydrogen-bond donors (Lipinski definition) is 1. The molecule has 134 valence electrons. The Kier molecular flexibility index (Phi) is 6.62. The van der Waals surface area contributed by atoms with Crippen LogP contribution in [-0.2, 0) is 4.74 Å². The Bertz CT molecular complexity index is 579. The summed E-state index contributed by atoms with van der Waals surface area (Å²) in [6, 6.07) is 5.15. The van der Waals surface area contributed by atoms with Gasteiger partial charge in [-0.05, 0) is 39.3 Å². The van der Waals surface area contributed by atoms with Crippen molar-refractivity contribution in [3.8, 4) is 5.75 Å². The number of halogens is 3. The van der Waals surface area contributed by atoms with Crippen LogP contribution in [-0.4, -0.2) is 30.4 Å². The normalized spacial score (nSPS) is 11.8. The van der Waals surface area contributed by atoms with E-state index in [9.17, 15) is 22.8 Å². The highest BCUT2D eigenvalue weighted by Crippen LogP contribution is 2.27. The summed E-state index contributed by atoms with van der Waals surface area (Å²) in [5.74, 6) is -1.03. The van der Waals surface area contributed by atoms with Crippen molar-refractivity contribution in [2.45, 2.75) is 45.6 Å². The molecule has 0 saturated carbocycles. The largest absolute Gasteiger partial charge is 0.573 e. The molecule has 0 saturated heterocycles. The molecule has 0 aliphatic heterocycles. The average Bonchev–Trinajstić information content (AvgIpc) is 2.40. The Hall–Kier alpha value is -2.25. The van der Waals surface area contributed by atoms with E-state index in [1.165, 1.54) is 18.2 Å². The number of ether oxygens (including phenoxy) is 2. The Morgan fingerprint density at radius 2 is 1.75 bits per heavy atom. The molecule has 0 radical (unpaired) electrons. The minimum atomic E-state index is -4.87. The predicted molar refractivity (Wildman–Crippen MR) is 80.9 cm³/mol. The number of alkyl carbamates (subject to hydrolysis) is 1. The van der Waals surface area contributed by atoms with Gasteiger partial charge in [0.1, 0.15) is 11.4 Å². The number of para-hydroxylation sites is 1. The second-order valence-electron chi connectivity index (χ2n) is 6.00. The fraction of sp³-hybridized carbons (Fsp3) is 0.500. The number of alkyl halides is 3.